The van der Waals surface area contributed by atoms with E-state index in [2.05, 4.69) is 15.9 Å². The van der Waals surface area contributed by atoms with Crippen molar-refractivity contribution in [1.82, 2.24) is 5.32 Å². The molecule has 5 nitrogen and oxygen atoms in total. The van der Waals surface area contributed by atoms with Crippen molar-refractivity contribution in [2.75, 3.05) is 0 Å². The van der Waals surface area contributed by atoms with Crippen molar-refractivity contribution in [1.29, 1.82) is 0 Å². The lowest BCUT2D eigenvalue weighted by Gasteiger charge is -2.14. The first-order valence-corrected chi connectivity index (χ1v) is 5.72. The monoisotopic (exact) mass is 300 g/mol. The van der Waals surface area contributed by atoms with Gasteiger partial charge < -0.3 is 10.5 Å². The molecule has 3 amide bonds. The molecule has 0 aliphatic carbocycles. The second-order valence-electron chi connectivity index (χ2n) is 3.55. The van der Waals surface area contributed by atoms with E-state index in [0.29, 0.717) is 5.75 Å². The average Bonchev–Trinajstić information content (AvgIpc) is 2.21. The molecule has 0 radical (unpaired) electrons. The van der Waals surface area contributed by atoms with E-state index in [9.17, 15) is 9.59 Å². The summed E-state index contributed by atoms with van der Waals surface area (Å²) in [6, 6.07) is 4.58. The Hall–Kier alpha value is -1.56. The Morgan fingerprint density at radius 3 is 2.65 bits per heavy atom. The maximum absolute atomic E-state index is 11.4. The Morgan fingerprint density at radius 1 is 1.47 bits per heavy atom. The number of nitrogens with one attached hydrogen (secondary N) is 1. The lowest BCUT2D eigenvalue weighted by molar-refractivity contribution is -0.126. The van der Waals surface area contributed by atoms with Crippen LogP contribution >= 0.6 is 15.9 Å². The normalized spacial score (nSPS) is 11.7. The lowest BCUT2D eigenvalue weighted by atomic mass is 10.2. The van der Waals surface area contributed by atoms with Gasteiger partial charge in [0.1, 0.15) is 5.75 Å². The van der Waals surface area contributed by atoms with Crippen LogP contribution in [0.15, 0.2) is 22.7 Å². The first kappa shape index (κ1) is 13.5. The summed E-state index contributed by atoms with van der Waals surface area (Å²) in [5, 5.41) is 1.95. The molecule has 0 fully saturated rings. The number of carbonyl (C=O) groups is 2. The van der Waals surface area contributed by atoms with Crippen LogP contribution in [-0.2, 0) is 4.79 Å². The van der Waals surface area contributed by atoms with Crippen LogP contribution in [0.5, 0.6) is 5.75 Å². The van der Waals surface area contributed by atoms with Crippen molar-refractivity contribution >= 4 is 27.9 Å². The summed E-state index contributed by atoms with van der Waals surface area (Å²) in [5.74, 6) is -0.0484. The summed E-state index contributed by atoms with van der Waals surface area (Å²) in [5.41, 5.74) is 5.91. The van der Waals surface area contributed by atoms with E-state index in [1.54, 1.807) is 6.07 Å². The molecule has 0 aliphatic heterocycles. The number of ether oxygens (including phenoxy) is 1. The van der Waals surface area contributed by atoms with Gasteiger partial charge in [0.25, 0.3) is 5.91 Å². The number of carbonyl (C=O) groups excluding carboxylic acids is 2. The minimum absolute atomic E-state index is 0.530. The molecule has 1 atom stereocenters. The number of hydrogen-bond acceptors (Lipinski definition) is 3. The van der Waals surface area contributed by atoms with Gasteiger partial charge in [-0.25, -0.2) is 4.79 Å². The summed E-state index contributed by atoms with van der Waals surface area (Å²) >= 11 is 3.33. The van der Waals surface area contributed by atoms with Crippen LogP contribution in [0.4, 0.5) is 4.79 Å². The standard InChI is InChI=1S/C11H13BrN2O3/c1-6-3-4-9(8(12)5-6)17-7(2)10(15)14-11(13)16/h3-5,7H,1-2H3,(H3,13,14,15,16)/t7-/m0/s1. The van der Waals surface area contributed by atoms with E-state index in [1.165, 1.54) is 6.92 Å². The number of halogens is 1. The average molecular weight is 301 g/mol. The molecule has 1 aromatic rings. The van der Waals surface area contributed by atoms with Crippen molar-refractivity contribution in [3.05, 3.63) is 28.2 Å². The largest absolute Gasteiger partial charge is 0.480 e. The molecule has 17 heavy (non-hydrogen) atoms. The van der Waals surface area contributed by atoms with Crippen molar-refractivity contribution in [3.8, 4) is 5.75 Å². The minimum Gasteiger partial charge on any atom is -0.480 e. The smallest absolute Gasteiger partial charge is 0.318 e. The van der Waals surface area contributed by atoms with Crippen LogP contribution in [0.3, 0.4) is 0 Å². The zero-order valence-electron chi connectivity index (χ0n) is 9.49. The van der Waals surface area contributed by atoms with Gasteiger partial charge in [0, 0.05) is 0 Å². The highest BCUT2D eigenvalue weighted by molar-refractivity contribution is 9.10. The van der Waals surface area contributed by atoms with Gasteiger partial charge in [0.15, 0.2) is 6.10 Å². The molecule has 0 saturated heterocycles. The number of benzene rings is 1. The van der Waals surface area contributed by atoms with E-state index in [0.717, 1.165) is 10.0 Å². The van der Waals surface area contributed by atoms with Crippen molar-refractivity contribution in [3.63, 3.8) is 0 Å². The van der Waals surface area contributed by atoms with Gasteiger partial charge >= 0.3 is 6.03 Å². The predicted molar refractivity (Wildman–Crippen MR) is 66.7 cm³/mol. The number of urea groups is 1. The number of rotatable bonds is 3. The molecule has 0 unspecified atom stereocenters. The molecule has 0 saturated carbocycles. The number of primary amides is 1. The zero-order chi connectivity index (χ0) is 13.0. The zero-order valence-corrected chi connectivity index (χ0v) is 11.1. The third-order valence-electron chi connectivity index (χ3n) is 2.01. The summed E-state index contributed by atoms with van der Waals surface area (Å²) in [6.07, 6.45) is -0.804. The summed E-state index contributed by atoms with van der Waals surface area (Å²) in [6.45, 7) is 3.47. The highest BCUT2D eigenvalue weighted by Crippen LogP contribution is 2.26. The van der Waals surface area contributed by atoms with Gasteiger partial charge in [-0.05, 0) is 47.5 Å². The topological polar surface area (TPSA) is 81.4 Å². The fourth-order valence-electron chi connectivity index (χ4n) is 1.17. The molecule has 0 heterocycles. The van der Waals surface area contributed by atoms with E-state index < -0.39 is 18.0 Å². The molecule has 6 heteroatoms. The number of imide groups is 1. The Balaban J connectivity index is 2.70. The Bertz CT molecular complexity index is 448. The van der Waals surface area contributed by atoms with E-state index in [1.807, 2.05) is 24.4 Å². The van der Waals surface area contributed by atoms with Gasteiger partial charge in [-0.2, -0.15) is 0 Å². The Labute approximate surface area is 107 Å². The molecule has 0 spiro atoms. The summed E-state index contributed by atoms with van der Waals surface area (Å²) in [7, 11) is 0. The second kappa shape index (κ2) is 5.67. The van der Waals surface area contributed by atoms with Gasteiger partial charge in [-0.1, -0.05) is 6.07 Å². The highest BCUT2D eigenvalue weighted by Gasteiger charge is 2.17. The van der Waals surface area contributed by atoms with Gasteiger partial charge in [-0.3, -0.25) is 10.1 Å². The molecule has 3 N–H and O–H groups in total. The molecular weight excluding hydrogens is 288 g/mol. The van der Waals surface area contributed by atoms with Crippen molar-refractivity contribution < 1.29 is 14.3 Å². The van der Waals surface area contributed by atoms with Crippen LogP contribution in [0.1, 0.15) is 12.5 Å². The van der Waals surface area contributed by atoms with Crippen molar-refractivity contribution in [2.24, 2.45) is 5.73 Å². The maximum atomic E-state index is 11.4. The molecule has 0 bridgehead atoms. The molecule has 1 aromatic carbocycles. The second-order valence-corrected chi connectivity index (χ2v) is 4.40. The van der Waals surface area contributed by atoms with Crippen molar-refractivity contribution in [2.45, 2.75) is 20.0 Å². The van der Waals surface area contributed by atoms with Gasteiger partial charge in [0.05, 0.1) is 4.47 Å². The first-order valence-electron chi connectivity index (χ1n) is 4.93. The number of hydrogen-bond donors (Lipinski definition) is 2. The number of nitrogens with two attached hydrogens (primary N) is 1. The van der Waals surface area contributed by atoms with Crippen LogP contribution in [-0.4, -0.2) is 18.0 Å². The third kappa shape index (κ3) is 4.07. The SMILES string of the molecule is Cc1ccc(O[C@@H](C)C(=O)NC(N)=O)c(Br)c1. The minimum atomic E-state index is -0.895. The van der Waals surface area contributed by atoms with E-state index in [4.69, 9.17) is 10.5 Å². The molecular formula is C11H13BrN2O3. The summed E-state index contributed by atoms with van der Waals surface area (Å²) in [4.78, 5) is 21.9. The van der Waals surface area contributed by atoms with E-state index in [-0.39, 0.29) is 0 Å². The van der Waals surface area contributed by atoms with E-state index >= 15 is 0 Å². The van der Waals surface area contributed by atoms with Crippen LogP contribution < -0.4 is 15.8 Å². The van der Waals surface area contributed by atoms with Crippen LogP contribution in [0.2, 0.25) is 0 Å². The quantitative estimate of drug-likeness (QED) is 0.892. The Kier molecular flexibility index (Phi) is 4.51. The molecule has 92 valence electrons. The third-order valence-corrected chi connectivity index (χ3v) is 2.63. The highest BCUT2D eigenvalue weighted by atomic mass is 79.9. The fraction of sp³-hybridized carbons (Fsp3) is 0.273. The lowest BCUT2D eigenvalue weighted by Crippen LogP contribution is -2.42. The van der Waals surface area contributed by atoms with Gasteiger partial charge in [-0.15, -0.1) is 0 Å². The Morgan fingerprint density at radius 2 is 2.12 bits per heavy atom. The van der Waals surface area contributed by atoms with Crippen LogP contribution in [0, 0.1) is 6.92 Å². The molecule has 0 aromatic heterocycles. The van der Waals surface area contributed by atoms with Gasteiger partial charge in [0.2, 0.25) is 0 Å². The van der Waals surface area contributed by atoms with Crippen LogP contribution in [0.25, 0.3) is 0 Å². The maximum Gasteiger partial charge on any atom is 0.318 e. The predicted octanol–water partition coefficient (Wildman–Crippen LogP) is 1.72. The fourth-order valence-corrected chi connectivity index (χ4v) is 1.76. The molecule has 0 aliphatic rings. The number of amides is 3. The first-order chi connectivity index (χ1) is 7.90. The number of aryl methyl sites for hydroxylation is 1. The molecule has 1 rings (SSSR count). The summed E-state index contributed by atoms with van der Waals surface area (Å²) < 4.78 is 6.14.